The first-order valence-electron chi connectivity index (χ1n) is 5.31. The fraction of sp³-hybridized carbons (Fsp3) is 0.600. The molecule has 0 bridgehead atoms. The molecule has 0 amide bonds. The van der Waals surface area contributed by atoms with Gasteiger partial charge >= 0.3 is 10.4 Å². The summed E-state index contributed by atoms with van der Waals surface area (Å²) >= 11 is 6.02. The molecule has 0 radical (unpaired) electrons. The van der Waals surface area contributed by atoms with E-state index in [4.69, 9.17) is 17.5 Å². The molecule has 0 spiro atoms. The molecule has 0 aliphatic carbocycles. The van der Waals surface area contributed by atoms with Crippen molar-refractivity contribution >= 4 is 34.4 Å². The molecule has 1 aromatic heterocycles. The summed E-state index contributed by atoms with van der Waals surface area (Å²) in [6, 6.07) is 2.19. The zero-order chi connectivity index (χ0) is 14.2. The molecule has 1 unspecified atom stereocenters. The topological polar surface area (TPSA) is 86.6 Å². The Hall–Kier alpha value is -0.120. The van der Waals surface area contributed by atoms with Crippen LogP contribution in [0, 0.1) is 6.92 Å². The first kappa shape index (κ1) is 17.9. The fourth-order valence-electron chi connectivity index (χ4n) is 1.38. The van der Waals surface area contributed by atoms with Crippen LogP contribution in [0.25, 0.3) is 0 Å². The Kier molecular flexibility index (Phi) is 8.83. The summed E-state index contributed by atoms with van der Waals surface area (Å²) < 4.78 is 31.6. The number of aryl methyl sites for hydroxylation is 1. The smallest absolute Gasteiger partial charge is 0.315 e. The summed E-state index contributed by atoms with van der Waals surface area (Å²) in [4.78, 5) is 1.51. The number of rotatable bonds is 5. The summed E-state index contributed by atoms with van der Waals surface area (Å²) in [5, 5.41) is 5.55. The van der Waals surface area contributed by atoms with Gasteiger partial charge in [-0.1, -0.05) is 6.92 Å². The Labute approximate surface area is 118 Å². The Morgan fingerprint density at radius 3 is 2.44 bits per heavy atom. The van der Waals surface area contributed by atoms with Crippen LogP contribution in [0.15, 0.2) is 11.4 Å². The van der Waals surface area contributed by atoms with Crippen molar-refractivity contribution in [2.45, 2.75) is 19.8 Å². The second kappa shape index (κ2) is 8.89. The van der Waals surface area contributed by atoms with Gasteiger partial charge in [-0.2, -0.15) is 21.0 Å². The van der Waals surface area contributed by atoms with Crippen LogP contribution in [-0.2, 0) is 10.4 Å². The maximum atomic E-state index is 8.74. The standard InChI is InChI=1S/C10H17NS2.H2O4S/c1-8-3-6-13-10(8)9(2)7-11-4-5-12;1-5(2,3)4/h3,6,9,11-12H,4-5,7H2,1-2H3;(H2,1,2,3,4). The Bertz CT molecular complexity index is 422. The molecule has 1 rings (SSSR count). The monoisotopic (exact) mass is 313 g/mol. The molecule has 0 saturated carbocycles. The van der Waals surface area contributed by atoms with E-state index in [1.165, 1.54) is 10.4 Å². The summed E-state index contributed by atoms with van der Waals surface area (Å²) in [5.74, 6) is 1.54. The van der Waals surface area contributed by atoms with Crippen molar-refractivity contribution in [1.29, 1.82) is 0 Å². The van der Waals surface area contributed by atoms with E-state index in [1.54, 1.807) is 0 Å². The average molecular weight is 313 g/mol. The SMILES string of the molecule is Cc1ccsc1C(C)CNCCS.O=S(=O)(O)O. The molecule has 0 saturated heterocycles. The lowest BCUT2D eigenvalue weighted by Gasteiger charge is -2.11. The second-order valence-electron chi connectivity index (χ2n) is 3.74. The van der Waals surface area contributed by atoms with Gasteiger partial charge in [0.15, 0.2) is 0 Å². The highest BCUT2D eigenvalue weighted by Gasteiger charge is 2.08. The van der Waals surface area contributed by atoms with E-state index in [0.29, 0.717) is 5.92 Å². The summed E-state index contributed by atoms with van der Waals surface area (Å²) in [6.45, 7) is 6.51. The van der Waals surface area contributed by atoms with E-state index in [9.17, 15) is 0 Å². The molecule has 8 heteroatoms. The van der Waals surface area contributed by atoms with Crippen molar-refractivity contribution in [2.75, 3.05) is 18.8 Å². The van der Waals surface area contributed by atoms with Crippen LogP contribution < -0.4 is 5.32 Å². The van der Waals surface area contributed by atoms with E-state index in [-0.39, 0.29) is 0 Å². The molecule has 1 aromatic rings. The molecule has 0 aliphatic heterocycles. The van der Waals surface area contributed by atoms with Gasteiger partial charge < -0.3 is 5.32 Å². The summed E-state index contributed by atoms with van der Waals surface area (Å²) in [5.41, 5.74) is 1.42. The molecule has 3 N–H and O–H groups in total. The van der Waals surface area contributed by atoms with Crippen LogP contribution in [0.3, 0.4) is 0 Å². The predicted molar refractivity (Wildman–Crippen MR) is 78.4 cm³/mol. The van der Waals surface area contributed by atoms with Crippen molar-refractivity contribution in [2.24, 2.45) is 0 Å². The maximum absolute atomic E-state index is 8.74. The fourth-order valence-corrected chi connectivity index (χ4v) is 2.53. The number of thiophene rings is 1. The highest BCUT2D eigenvalue weighted by Crippen LogP contribution is 2.24. The van der Waals surface area contributed by atoms with Crippen molar-refractivity contribution in [3.63, 3.8) is 0 Å². The molecule has 0 aromatic carbocycles. The zero-order valence-corrected chi connectivity index (χ0v) is 12.9. The normalized spacial score (nSPS) is 12.7. The lowest BCUT2D eigenvalue weighted by molar-refractivity contribution is 0.381. The number of hydrogen-bond acceptors (Lipinski definition) is 5. The molecule has 1 atom stereocenters. The van der Waals surface area contributed by atoms with Gasteiger partial charge in [-0.05, 0) is 23.9 Å². The molecule has 0 fully saturated rings. The van der Waals surface area contributed by atoms with Crippen LogP contribution in [0.1, 0.15) is 23.3 Å². The lowest BCUT2D eigenvalue weighted by atomic mass is 10.1. The first-order valence-corrected chi connectivity index (χ1v) is 8.22. The number of nitrogens with one attached hydrogen (secondary N) is 1. The van der Waals surface area contributed by atoms with Gasteiger partial charge in [0.2, 0.25) is 0 Å². The third-order valence-corrected chi connectivity index (χ3v) is 3.56. The minimum atomic E-state index is -4.67. The van der Waals surface area contributed by atoms with Gasteiger partial charge in [0, 0.05) is 29.6 Å². The van der Waals surface area contributed by atoms with E-state index in [0.717, 1.165) is 18.8 Å². The first-order chi connectivity index (χ1) is 8.25. The molecule has 18 heavy (non-hydrogen) atoms. The molecular formula is C10H19NO4S3. The van der Waals surface area contributed by atoms with Gasteiger partial charge in [0.25, 0.3) is 0 Å². The third-order valence-electron chi connectivity index (χ3n) is 2.09. The van der Waals surface area contributed by atoms with Gasteiger partial charge in [-0.25, -0.2) is 0 Å². The van der Waals surface area contributed by atoms with Crippen LogP contribution in [0.4, 0.5) is 0 Å². The van der Waals surface area contributed by atoms with Gasteiger partial charge in [-0.3, -0.25) is 9.11 Å². The van der Waals surface area contributed by atoms with Gasteiger partial charge in [0.1, 0.15) is 0 Å². The van der Waals surface area contributed by atoms with Crippen LogP contribution in [-0.4, -0.2) is 36.4 Å². The lowest BCUT2D eigenvalue weighted by Crippen LogP contribution is -2.21. The van der Waals surface area contributed by atoms with Gasteiger partial charge in [-0.15, -0.1) is 11.3 Å². The minimum absolute atomic E-state index is 0.625. The Balaban J connectivity index is 0.000000494. The third kappa shape index (κ3) is 9.86. The van der Waals surface area contributed by atoms with Crippen LogP contribution in [0.5, 0.6) is 0 Å². The van der Waals surface area contributed by atoms with Crippen LogP contribution in [0.2, 0.25) is 0 Å². The predicted octanol–water partition coefficient (Wildman–Crippen LogP) is 2.03. The van der Waals surface area contributed by atoms with E-state index in [1.807, 2.05) is 11.3 Å². The van der Waals surface area contributed by atoms with Crippen molar-refractivity contribution in [3.8, 4) is 0 Å². The van der Waals surface area contributed by atoms with E-state index < -0.39 is 10.4 Å². The van der Waals surface area contributed by atoms with E-state index >= 15 is 0 Å². The summed E-state index contributed by atoms with van der Waals surface area (Å²) in [6.07, 6.45) is 0. The minimum Gasteiger partial charge on any atom is -0.315 e. The Morgan fingerprint density at radius 1 is 1.50 bits per heavy atom. The number of hydrogen-bond donors (Lipinski definition) is 4. The molecule has 106 valence electrons. The second-order valence-corrected chi connectivity index (χ2v) is 6.04. The molecule has 1 heterocycles. The van der Waals surface area contributed by atoms with Crippen LogP contribution >= 0.6 is 24.0 Å². The highest BCUT2D eigenvalue weighted by atomic mass is 32.3. The van der Waals surface area contributed by atoms with Crippen molar-refractivity contribution in [1.82, 2.24) is 5.32 Å². The largest absolute Gasteiger partial charge is 0.394 e. The van der Waals surface area contributed by atoms with Crippen molar-refractivity contribution < 1.29 is 17.5 Å². The van der Waals surface area contributed by atoms with Crippen molar-refractivity contribution in [3.05, 3.63) is 21.9 Å². The summed E-state index contributed by atoms with van der Waals surface area (Å²) in [7, 11) is -4.67. The molecule has 0 aliphatic rings. The van der Waals surface area contributed by atoms with E-state index in [2.05, 4.69) is 43.2 Å². The maximum Gasteiger partial charge on any atom is 0.394 e. The molecule has 5 nitrogen and oxygen atoms in total. The zero-order valence-electron chi connectivity index (χ0n) is 10.3. The van der Waals surface area contributed by atoms with Gasteiger partial charge in [0.05, 0.1) is 0 Å². The molecular weight excluding hydrogens is 294 g/mol. The Morgan fingerprint density at radius 2 is 2.06 bits per heavy atom. The highest BCUT2D eigenvalue weighted by molar-refractivity contribution is 7.80. The number of thiol groups is 1. The quantitative estimate of drug-likeness (QED) is 0.380. The average Bonchev–Trinajstić information content (AvgIpc) is 2.62.